The summed E-state index contributed by atoms with van der Waals surface area (Å²) >= 11 is 0. The average molecular weight is 212 g/mol. The van der Waals surface area contributed by atoms with Crippen LogP contribution in [0.1, 0.15) is 13.8 Å². The van der Waals surface area contributed by atoms with Gasteiger partial charge in [-0.2, -0.15) is 0 Å². The van der Waals surface area contributed by atoms with Crippen LogP contribution in [0.4, 0.5) is 0 Å². The molecular formula is C11H20N2O2. The number of rotatable bonds is 3. The topological polar surface area (TPSA) is 43.8 Å². The number of amides is 1. The Morgan fingerprint density at radius 2 is 1.93 bits per heavy atom. The van der Waals surface area contributed by atoms with Crippen LogP contribution in [-0.4, -0.2) is 59.6 Å². The standard InChI is InChI=1S/C11H20N2O2/c1-8(2)9-3-13(4-9)11(15)7-12-5-10(14)6-12/h8-10,14H,3-7H2,1-2H3. The van der Waals surface area contributed by atoms with Gasteiger partial charge in [0.1, 0.15) is 0 Å². The summed E-state index contributed by atoms with van der Waals surface area (Å²) in [6.07, 6.45) is -0.211. The Labute approximate surface area is 90.9 Å². The van der Waals surface area contributed by atoms with Gasteiger partial charge in [0, 0.05) is 26.2 Å². The molecule has 0 aromatic carbocycles. The van der Waals surface area contributed by atoms with E-state index in [0.717, 1.165) is 13.1 Å². The summed E-state index contributed by atoms with van der Waals surface area (Å²) in [5.41, 5.74) is 0. The van der Waals surface area contributed by atoms with Crippen LogP contribution in [0.5, 0.6) is 0 Å². The summed E-state index contributed by atoms with van der Waals surface area (Å²) in [5.74, 6) is 1.59. The summed E-state index contributed by atoms with van der Waals surface area (Å²) in [4.78, 5) is 15.6. The highest BCUT2D eigenvalue weighted by Gasteiger charge is 2.34. The molecule has 0 bridgehead atoms. The van der Waals surface area contributed by atoms with Gasteiger partial charge in [0.2, 0.25) is 5.91 Å². The van der Waals surface area contributed by atoms with E-state index < -0.39 is 0 Å². The van der Waals surface area contributed by atoms with E-state index in [4.69, 9.17) is 5.11 Å². The predicted octanol–water partition coefficient (Wildman–Crippen LogP) is -0.223. The summed E-state index contributed by atoms with van der Waals surface area (Å²) in [5, 5.41) is 9.09. The number of nitrogens with zero attached hydrogens (tertiary/aromatic N) is 2. The smallest absolute Gasteiger partial charge is 0.236 e. The number of carbonyl (C=O) groups excluding carboxylic acids is 1. The first kappa shape index (κ1) is 10.9. The van der Waals surface area contributed by atoms with Crippen LogP contribution in [0, 0.1) is 11.8 Å². The molecule has 0 saturated carbocycles. The van der Waals surface area contributed by atoms with Crippen LogP contribution in [0.25, 0.3) is 0 Å². The lowest BCUT2D eigenvalue weighted by Crippen LogP contribution is -2.58. The van der Waals surface area contributed by atoms with Gasteiger partial charge in [-0.05, 0) is 11.8 Å². The highest BCUT2D eigenvalue weighted by molar-refractivity contribution is 5.79. The van der Waals surface area contributed by atoms with E-state index in [0.29, 0.717) is 31.5 Å². The van der Waals surface area contributed by atoms with Gasteiger partial charge in [-0.15, -0.1) is 0 Å². The number of hydrogen-bond acceptors (Lipinski definition) is 3. The van der Waals surface area contributed by atoms with E-state index in [-0.39, 0.29) is 12.0 Å². The molecule has 2 rings (SSSR count). The molecule has 2 saturated heterocycles. The van der Waals surface area contributed by atoms with Gasteiger partial charge >= 0.3 is 0 Å². The number of aliphatic hydroxyl groups excluding tert-OH is 1. The predicted molar refractivity (Wildman–Crippen MR) is 57.4 cm³/mol. The van der Waals surface area contributed by atoms with Gasteiger partial charge < -0.3 is 10.0 Å². The Morgan fingerprint density at radius 3 is 2.40 bits per heavy atom. The largest absolute Gasteiger partial charge is 0.390 e. The second-order valence-electron chi connectivity index (χ2n) is 5.15. The monoisotopic (exact) mass is 212 g/mol. The van der Waals surface area contributed by atoms with Crippen molar-refractivity contribution in [3.63, 3.8) is 0 Å². The van der Waals surface area contributed by atoms with Gasteiger partial charge in [-0.25, -0.2) is 0 Å². The second-order valence-corrected chi connectivity index (χ2v) is 5.15. The zero-order valence-electron chi connectivity index (χ0n) is 9.52. The first-order valence-corrected chi connectivity index (χ1v) is 5.74. The van der Waals surface area contributed by atoms with E-state index in [1.165, 1.54) is 0 Å². The van der Waals surface area contributed by atoms with Gasteiger partial charge in [0.15, 0.2) is 0 Å². The van der Waals surface area contributed by atoms with Gasteiger partial charge in [0.25, 0.3) is 0 Å². The molecule has 2 aliphatic heterocycles. The van der Waals surface area contributed by atoms with Crippen molar-refractivity contribution in [2.24, 2.45) is 11.8 Å². The van der Waals surface area contributed by atoms with Gasteiger partial charge in [-0.1, -0.05) is 13.8 Å². The van der Waals surface area contributed by atoms with E-state index in [1.807, 2.05) is 9.80 Å². The maximum atomic E-state index is 11.7. The minimum atomic E-state index is -0.211. The van der Waals surface area contributed by atoms with Crippen LogP contribution >= 0.6 is 0 Å². The molecule has 15 heavy (non-hydrogen) atoms. The third-order valence-corrected chi connectivity index (χ3v) is 3.50. The van der Waals surface area contributed by atoms with Crippen molar-refractivity contribution in [2.45, 2.75) is 20.0 Å². The Bertz CT molecular complexity index is 243. The molecule has 0 spiro atoms. The SMILES string of the molecule is CC(C)C1CN(C(=O)CN2CC(O)C2)C1. The number of likely N-dealkylation sites (tertiary alicyclic amines) is 2. The summed E-state index contributed by atoms with van der Waals surface area (Å²) in [7, 11) is 0. The first-order valence-electron chi connectivity index (χ1n) is 5.74. The fourth-order valence-corrected chi connectivity index (χ4v) is 2.10. The first-order chi connectivity index (χ1) is 7.06. The van der Waals surface area contributed by atoms with Crippen molar-refractivity contribution in [2.75, 3.05) is 32.7 Å². The molecule has 2 fully saturated rings. The Morgan fingerprint density at radius 1 is 1.33 bits per heavy atom. The van der Waals surface area contributed by atoms with Gasteiger partial charge in [-0.3, -0.25) is 9.69 Å². The van der Waals surface area contributed by atoms with Crippen LogP contribution in [0.15, 0.2) is 0 Å². The van der Waals surface area contributed by atoms with E-state index in [9.17, 15) is 4.79 Å². The number of carbonyl (C=O) groups is 1. The number of β-amino-alcohol motifs (C(OH)–C–C–N with tert-alkyl or cyclic N) is 1. The molecule has 2 heterocycles. The van der Waals surface area contributed by atoms with Crippen LogP contribution < -0.4 is 0 Å². The van der Waals surface area contributed by atoms with Crippen molar-refractivity contribution < 1.29 is 9.90 Å². The maximum absolute atomic E-state index is 11.7. The highest BCUT2D eigenvalue weighted by Crippen LogP contribution is 2.23. The summed E-state index contributed by atoms with van der Waals surface area (Å²) in [6, 6.07) is 0. The van der Waals surface area contributed by atoms with E-state index in [1.54, 1.807) is 0 Å². The normalized spacial score (nSPS) is 24.1. The summed E-state index contributed by atoms with van der Waals surface area (Å²) < 4.78 is 0. The lowest BCUT2D eigenvalue weighted by Gasteiger charge is -2.44. The fraction of sp³-hybridized carbons (Fsp3) is 0.909. The Kier molecular flexibility index (Phi) is 2.98. The minimum Gasteiger partial charge on any atom is -0.390 e. The molecule has 0 atom stereocenters. The fourth-order valence-electron chi connectivity index (χ4n) is 2.10. The molecule has 0 unspecified atom stereocenters. The quantitative estimate of drug-likeness (QED) is 0.703. The third-order valence-electron chi connectivity index (χ3n) is 3.50. The van der Waals surface area contributed by atoms with Crippen molar-refractivity contribution in [3.05, 3.63) is 0 Å². The zero-order valence-corrected chi connectivity index (χ0v) is 9.52. The second kappa shape index (κ2) is 4.10. The lowest BCUT2D eigenvalue weighted by molar-refractivity contribution is -0.142. The average Bonchev–Trinajstić information content (AvgIpc) is 1.97. The minimum absolute atomic E-state index is 0.211. The Hall–Kier alpha value is -0.610. The zero-order chi connectivity index (χ0) is 11.0. The molecule has 4 nitrogen and oxygen atoms in total. The van der Waals surface area contributed by atoms with E-state index in [2.05, 4.69) is 13.8 Å². The molecule has 0 aliphatic carbocycles. The van der Waals surface area contributed by atoms with Crippen LogP contribution in [0.2, 0.25) is 0 Å². The molecule has 4 heteroatoms. The van der Waals surface area contributed by atoms with Crippen molar-refractivity contribution in [1.29, 1.82) is 0 Å². The van der Waals surface area contributed by atoms with Crippen LogP contribution in [0.3, 0.4) is 0 Å². The molecule has 0 aromatic rings. The molecule has 0 radical (unpaired) electrons. The highest BCUT2D eigenvalue weighted by atomic mass is 16.3. The molecule has 1 amide bonds. The number of aliphatic hydroxyl groups is 1. The van der Waals surface area contributed by atoms with Crippen LogP contribution in [-0.2, 0) is 4.79 Å². The van der Waals surface area contributed by atoms with Crippen molar-refractivity contribution >= 4 is 5.91 Å². The van der Waals surface area contributed by atoms with Crippen molar-refractivity contribution in [1.82, 2.24) is 9.80 Å². The molecular weight excluding hydrogens is 192 g/mol. The van der Waals surface area contributed by atoms with E-state index >= 15 is 0 Å². The third kappa shape index (κ3) is 2.32. The maximum Gasteiger partial charge on any atom is 0.236 e. The molecule has 86 valence electrons. The molecule has 1 N–H and O–H groups in total. The molecule has 0 aromatic heterocycles. The summed E-state index contributed by atoms with van der Waals surface area (Å²) in [6.45, 7) is 8.07. The number of hydrogen-bond donors (Lipinski definition) is 1. The van der Waals surface area contributed by atoms with Gasteiger partial charge in [0.05, 0.1) is 12.6 Å². The van der Waals surface area contributed by atoms with Crippen molar-refractivity contribution in [3.8, 4) is 0 Å². The Balaban J connectivity index is 1.66. The lowest BCUT2D eigenvalue weighted by atomic mass is 9.88. The molecule has 2 aliphatic rings.